The van der Waals surface area contributed by atoms with Crippen LogP contribution in [0.25, 0.3) is 0 Å². The van der Waals surface area contributed by atoms with Gasteiger partial charge in [-0.15, -0.1) is 10.2 Å². The summed E-state index contributed by atoms with van der Waals surface area (Å²) in [5.41, 5.74) is 0.0522. The van der Waals surface area contributed by atoms with Gasteiger partial charge in [0.25, 0.3) is 0 Å². The van der Waals surface area contributed by atoms with E-state index in [-0.39, 0.29) is 24.0 Å². The number of carbonyl (C=O) groups is 1. The lowest BCUT2D eigenvalue weighted by Gasteiger charge is -2.12. The van der Waals surface area contributed by atoms with Crippen molar-refractivity contribution in [3.63, 3.8) is 0 Å². The first-order valence-corrected chi connectivity index (χ1v) is 11.3. The van der Waals surface area contributed by atoms with Gasteiger partial charge < -0.3 is 14.6 Å². The molecule has 0 aliphatic heterocycles. The van der Waals surface area contributed by atoms with Gasteiger partial charge in [0.2, 0.25) is 5.91 Å². The van der Waals surface area contributed by atoms with Crippen LogP contribution in [-0.4, -0.2) is 26.4 Å². The molecule has 1 heterocycles. The first kappa shape index (κ1) is 23.1. The third-order valence-electron chi connectivity index (χ3n) is 4.37. The van der Waals surface area contributed by atoms with E-state index >= 15 is 0 Å². The molecule has 0 atom stereocenters. The number of para-hydroxylation sites is 1. The largest absolute Gasteiger partial charge is 0.486 e. The second kappa shape index (κ2) is 11.2. The van der Waals surface area contributed by atoms with Crippen LogP contribution in [0, 0.1) is 11.7 Å². The summed E-state index contributed by atoms with van der Waals surface area (Å²) in [4.78, 5) is 12.3. The fourth-order valence-electron chi connectivity index (χ4n) is 2.72. The summed E-state index contributed by atoms with van der Waals surface area (Å²) in [6, 6.07) is 13.5. The molecule has 0 saturated carbocycles. The number of anilines is 1. The van der Waals surface area contributed by atoms with Crippen molar-refractivity contribution in [1.82, 2.24) is 14.8 Å². The van der Waals surface area contributed by atoms with E-state index in [0.717, 1.165) is 12.2 Å². The summed E-state index contributed by atoms with van der Waals surface area (Å²) in [6.45, 7) is 5.27. The molecule has 0 spiro atoms. The third kappa shape index (κ3) is 6.97. The zero-order chi connectivity index (χ0) is 22.2. The molecular formula is C22H24ClFN4O2S. The fourth-order valence-corrected chi connectivity index (χ4v) is 3.67. The number of ether oxygens (including phenoxy) is 1. The molecule has 0 fully saturated rings. The van der Waals surface area contributed by atoms with Crippen molar-refractivity contribution in [2.45, 2.75) is 38.6 Å². The van der Waals surface area contributed by atoms with E-state index in [4.69, 9.17) is 16.3 Å². The molecule has 164 valence electrons. The van der Waals surface area contributed by atoms with Crippen LogP contribution in [-0.2, 0) is 17.9 Å². The van der Waals surface area contributed by atoms with Gasteiger partial charge in [-0.25, -0.2) is 4.39 Å². The number of benzene rings is 2. The molecule has 31 heavy (non-hydrogen) atoms. The van der Waals surface area contributed by atoms with Crippen LogP contribution in [0.15, 0.2) is 53.7 Å². The normalized spacial score (nSPS) is 11.0. The van der Waals surface area contributed by atoms with Crippen molar-refractivity contribution in [2.24, 2.45) is 5.92 Å². The van der Waals surface area contributed by atoms with Crippen LogP contribution in [0.3, 0.4) is 0 Å². The van der Waals surface area contributed by atoms with E-state index in [1.807, 2.05) is 34.9 Å². The third-order valence-corrected chi connectivity index (χ3v) is 5.57. The van der Waals surface area contributed by atoms with Gasteiger partial charge in [0.1, 0.15) is 18.2 Å². The van der Waals surface area contributed by atoms with E-state index in [2.05, 4.69) is 29.4 Å². The first-order chi connectivity index (χ1) is 14.9. The standard InChI is InChI=1S/C22H24ClFN4O2S/c1-15(2)10-11-28-20(13-30-17-6-4-3-5-7-17)26-27-22(28)31-14-21(29)25-19-12-16(23)8-9-18(19)24/h3-9,12,15H,10-11,13-14H2,1-2H3,(H,25,29). The molecule has 0 unspecified atom stereocenters. The van der Waals surface area contributed by atoms with E-state index in [9.17, 15) is 9.18 Å². The zero-order valence-electron chi connectivity index (χ0n) is 17.3. The van der Waals surface area contributed by atoms with Crippen molar-refractivity contribution in [3.05, 3.63) is 65.2 Å². The van der Waals surface area contributed by atoms with Crippen LogP contribution in [0.4, 0.5) is 10.1 Å². The number of hydrogen-bond donors (Lipinski definition) is 1. The Labute approximate surface area is 190 Å². The number of hydrogen-bond acceptors (Lipinski definition) is 5. The molecule has 1 amide bonds. The highest BCUT2D eigenvalue weighted by molar-refractivity contribution is 7.99. The minimum absolute atomic E-state index is 0.0522. The van der Waals surface area contributed by atoms with Crippen LogP contribution in [0.2, 0.25) is 5.02 Å². The first-order valence-electron chi connectivity index (χ1n) is 9.90. The molecule has 0 aliphatic carbocycles. The molecule has 0 aliphatic rings. The van der Waals surface area contributed by atoms with Crippen molar-refractivity contribution < 1.29 is 13.9 Å². The maximum atomic E-state index is 13.8. The van der Waals surface area contributed by atoms with Gasteiger partial charge in [-0.2, -0.15) is 0 Å². The smallest absolute Gasteiger partial charge is 0.234 e. The molecule has 0 bridgehead atoms. The number of carbonyl (C=O) groups excluding carboxylic acids is 1. The summed E-state index contributed by atoms with van der Waals surface area (Å²) >= 11 is 7.12. The Hall–Kier alpha value is -2.58. The maximum Gasteiger partial charge on any atom is 0.234 e. The predicted octanol–water partition coefficient (Wildman–Crippen LogP) is 5.43. The van der Waals surface area contributed by atoms with E-state index in [1.54, 1.807) is 0 Å². The molecule has 3 rings (SSSR count). The highest BCUT2D eigenvalue weighted by Crippen LogP contribution is 2.22. The van der Waals surface area contributed by atoms with Gasteiger partial charge in [-0.3, -0.25) is 4.79 Å². The van der Waals surface area contributed by atoms with Gasteiger partial charge in [0, 0.05) is 11.6 Å². The molecule has 0 radical (unpaired) electrons. The second-order valence-electron chi connectivity index (χ2n) is 7.30. The van der Waals surface area contributed by atoms with Gasteiger partial charge in [0.15, 0.2) is 11.0 Å². The summed E-state index contributed by atoms with van der Waals surface area (Å²) in [6.07, 6.45) is 0.934. The highest BCUT2D eigenvalue weighted by atomic mass is 35.5. The lowest BCUT2D eigenvalue weighted by atomic mass is 10.1. The molecule has 3 aromatic rings. The van der Waals surface area contributed by atoms with Gasteiger partial charge in [-0.1, -0.05) is 55.4 Å². The number of nitrogens with one attached hydrogen (secondary N) is 1. The summed E-state index contributed by atoms with van der Waals surface area (Å²) in [7, 11) is 0. The average molecular weight is 463 g/mol. The molecule has 6 nitrogen and oxygen atoms in total. The van der Waals surface area contributed by atoms with Crippen molar-refractivity contribution >= 4 is 35.0 Å². The Morgan fingerprint density at radius 1 is 1.23 bits per heavy atom. The van der Waals surface area contributed by atoms with Crippen molar-refractivity contribution in [1.29, 1.82) is 0 Å². The number of nitrogens with zero attached hydrogens (tertiary/aromatic N) is 3. The summed E-state index contributed by atoms with van der Waals surface area (Å²) < 4.78 is 21.6. The quantitative estimate of drug-likeness (QED) is 0.407. The summed E-state index contributed by atoms with van der Waals surface area (Å²) in [5, 5.41) is 12.0. The Kier molecular flexibility index (Phi) is 8.31. The second-order valence-corrected chi connectivity index (χ2v) is 8.67. The van der Waals surface area contributed by atoms with Crippen molar-refractivity contribution in [3.8, 4) is 5.75 Å². The Morgan fingerprint density at radius 3 is 2.74 bits per heavy atom. The molecule has 9 heteroatoms. The fraction of sp³-hybridized carbons (Fsp3) is 0.318. The number of aromatic nitrogens is 3. The van der Waals surface area contributed by atoms with E-state index in [1.165, 1.54) is 30.0 Å². The Balaban J connectivity index is 1.65. The number of halogens is 2. The van der Waals surface area contributed by atoms with Gasteiger partial charge >= 0.3 is 0 Å². The predicted molar refractivity (Wildman–Crippen MR) is 121 cm³/mol. The molecule has 2 aromatic carbocycles. The summed E-state index contributed by atoms with van der Waals surface area (Å²) in [5.74, 6) is 1.10. The average Bonchev–Trinajstić information content (AvgIpc) is 3.14. The van der Waals surface area contributed by atoms with E-state index < -0.39 is 5.82 Å². The minimum Gasteiger partial charge on any atom is -0.486 e. The number of amides is 1. The molecular weight excluding hydrogens is 439 g/mol. The van der Waals surface area contributed by atoms with Crippen LogP contribution in [0.5, 0.6) is 5.75 Å². The molecule has 1 aromatic heterocycles. The van der Waals surface area contributed by atoms with Gasteiger partial charge in [-0.05, 0) is 42.7 Å². The van der Waals surface area contributed by atoms with Crippen molar-refractivity contribution in [2.75, 3.05) is 11.1 Å². The lowest BCUT2D eigenvalue weighted by Crippen LogP contribution is -2.16. The van der Waals surface area contributed by atoms with Crippen LogP contribution in [0.1, 0.15) is 26.1 Å². The van der Waals surface area contributed by atoms with Gasteiger partial charge in [0.05, 0.1) is 11.4 Å². The monoisotopic (exact) mass is 462 g/mol. The van der Waals surface area contributed by atoms with Crippen LogP contribution >= 0.6 is 23.4 Å². The minimum atomic E-state index is -0.539. The number of thioether (sulfide) groups is 1. The Bertz CT molecular complexity index is 1010. The Morgan fingerprint density at radius 2 is 2.00 bits per heavy atom. The molecule has 1 N–H and O–H groups in total. The number of rotatable bonds is 10. The lowest BCUT2D eigenvalue weighted by molar-refractivity contribution is -0.113. The topological polar surface area (TPSA) is 69.0 Å². The highest BCUT2D eigenvalue weighted by Gasteiger charge is 2.16. The zero-order valence-corrected chi connectivity index (χ0v) is 18.9. The SMILES string of the molecule is CC(C)CCn1c(COc2ccccc2)nnc1SCC(=O)Nc1cc(Cl)ccc1F. The van der Waals surface area contributed by atoms with Crippen LogP contribution < -0.4 is 10.1 Å². The maximum absolute atomic E-state index is 13.8. The molecule has 0 saturated heterocycles. The van der Waals surface area contributed by atoms with E-state index in [0.29, 0.717) is 28.5 Å².